The van der Waals surface area contributed by atoms with Crippen molar-refractivity contribution in [3.05, 3.63) is 74.7 Å². The summed E-state index contributed by atoms with van der Waals surface area (Å²) in [7, 11) is 0. The minimum absolute atomic E-state index is 0.0297. The summed E-state index contributed by atoms with van der Waals surface area (Å²) < 4.78 is 18.1. The third kappa shape index (κ3) is 7.63. The number of nitrogens with one attached hydrogen (secondary N) is 1. The molecule has 1 aromatic carbocycles. The van der Waals surface area contributed by atoms with Crippen LogP contribution in [0.1, 0.15) is 95.8 Å². The number of carbonyl (C=O) groups is 2. The molecule has 2 aromatic rings. The predicted molar refractivity (Wildman–Crippen MR) is 180 cm³/mol. The van der Waals surface area contributed by atoms with Crippen LogP contribution in [0, 0.1) is 0 Å². The maximum absolute atomic E-state index is 13.6. The molecule has 0 radical (unpaired) electrons. The molecule has 0 amide bonds. The van der Waals surface area contributed by atoms with Gasteiger partial charge in [-0.05, 0) is 69.0 Å². The number of ether oxygens (including phenoxy) is 3. The van der Waals surface area contributed by atoms with Crippen molar-refractivity contribution < 1.29 is 34.0 Å². The van der Waals surface area contributed by atoms with E-state index >= 15 is 0 Å². The number of nitrogens with zero attached hydrogens (tertiary/aromatic N) is 2. The molecular formula is C36H49N3O8. The molecule has 2 unspecified atom stereocenters. The first-order valence-corrected chi connectivity index (χ1v) is 16.6. The Bertz CT molecular complexity index is 1600. The Morgan fingerprint density at radius 1 is 1.15 bits per heavy atom. The van der Waals surface area contributed by atoms with E-state index in [9.17, 15) is 24.6 Å². The van der Waals surface area contributed by atoms with Crippen molar-refractivity contribution in [2.45, 2.75) is 98.2 Å². The molecule has 2 atom stereocenters. The standard InChI is InChI=1S/C32H37N3O8.2C2H6/c1-17(30(39)43-32(2,3)4)15-41-19-7-8-25-20(11-19)22(13-34(9-10-36)18-5-6-18)23-14-35-26(27(23)33-25)12-21-24(29(35)38)16-42-31(40)28(21)37;2*1-2/h7-8,11-12,18,27-28,33,36-37H,1,5-6,9-10,13-16H2,2-4H3;2*1-2H3. The van der Waals surface area contributed by atoms with E-state index in [-0.39, 0.29) is 48.1 Å². The smallest absolute Gasteiger partial charge is 0.340 e. The van der Waals surface area contributed by atoms with Gasteiger partial charge in [-0.15, -0.1) is 0 Å². The number of benzene rings is 1. The number of fused-ring (bicyclic) bond motifs is 5. The highest BCUT2D eigenvalue weighted by atomic mass is 16.6. The van der Waals surface area contributed by atoms with Crippen molar-refractivity contribution in [2.24, 2.45) is 0 Å². The largest absolute Gasteiger partial charge is 0.489 e. The second-order valence-electron chi connectivity index (χ2n) is 12.5. The van der Waals surface area contributed by atoms with Gasteiger partial charge in [0, 0.05) is 48.2 Å². The zero-order valence-corrected chi connectivity index (χ0v) is 28.6. The molecule has 3 aliphatic heterocycles. The number of esters is 2. The van der Waals surface area contributed by atoms with Crippen LogP contribution in [0.3, 0.4) is 0 Å². The third-order valence-electron chi connectivity index (χ3n) is 8.23. The summed E-state index contributed by atoms with van der Waals surface area (Å²) in [5.74, 6) is -0.737. The number of hydrogen-bond acceptors (Lipinski definition) is 10. The average Bonchev–Trinajstić information content (AvgIpc) is 3.84. The van der Waals surface area contributed by atoms with Crippen LogP contribution >= 0.6 is 0 Å². The number of aromatic nitrogens is 1. The van der Waals surface area contributed by atoms with Crippen LogP contribution < -0.4 is 15.6 Å². The molecule has 6 rings (SSSR count). The first-order valence-electron chi connectivity index (χ1n) is 16.6. The number of pyridine rings is 1. The van der Waals surface area contributed by atoms with Gasteiger partial charge in [0.2, 0.25) is 0 Å². The predicted octanol–water partition coefficient (Wildman–Crippen LogP) is 4.66. The third-order valence-corrected chi connectivity index (χ3v) is 8.23. The highest BCUT2D eigenvalue weighted by Crippen LogP contribution is 2.47. The van der Waals surface area contributed by atoms with E-state index in [4.69, 9.17) is 14.2 Å². The van der Waals surface area contributed by atoms with E-state index in [1.807, 2.05) is 39.8 Å². The molecule has 47 heavy (non-hydrogen) atoms. The molecule has 256 valence electrons. The Labute approximate surface area is 276 Å². The lowest BCUT2D eigenvalue weighted by Gasteiger charge is -2.32. The second kappa shape index (κ2) is 14.9. The average molecular weight is 652 g/mol. The molecular weight excluding hydrogens is 602 g/mol. The molecule has 0 bridgehead atoms. The number of carbonyl (C=O) groups excluding carboxylic acids is 2. The zero-order chi connectivity index (χ0) is 34.6. The van der Waals surface area contributed by atoms with Crippen molar-refractivity contribution in [1.82, 2.24) is 9.47 Å². The fourth-order valence-corrected chi connectivity index (χ4v) is 5.98. The van der Waals surface area contributed by atoms with Gasteiger partial charge in [0.05, 0.1) is 23.8 Å². The molecule has 0 saturated heterocycles. The summed E-state index contributed by atoms with van der Waals surface area (Å²) in [4.78, 5) is 40.3. The van der Waals surface area contributed by atoms with Crippen LogP contribution in [-0.2, 0) is 32.2 Å². The van der Waals surface area contributed by atoms with Gasteiger partial charge in [0.25, 0.3) is 5.56 Å². The number of aliphatic hydroxyl groups is 2. The van der Waals surface area contributed by atoms with Gasteiger partial charge in [-0.1, -0.05) is 34.3 Å². The van der Waals surface area contributed by atoms with Crippen LogP contribution in [0.2, 0.25) is 0 Å². The van der Waals surface area contributed by atoms with E-state index in [0.717, 1.165) is 35.2 Å². The van der Waals surface area contributed by atoms with Gasteiger partial charge in [0.15, 0.2) is 6.10 Å². The van der Waals surface area contributed by atoms with Crippen LogP contribution in [0.25, 0.3) is 5.57 Å². The van der Waals surface area contributed by atoms with Gasteiger partial charge >= 0.3 is 11.9 Å². The number of aliphatic hydroxyl groups excluding tert-OH is 2. The summed E-state index contributed by atoms with van der Waals surface area (Å²) >= 11 is 0. The van der Waals surface area contributed by atoms with E-state index in [1.165, 1.54) is 0 Å². The van der Waals surface area contributed by atoms with E-state index in [0.29, 0.717) is 37.1 Å². The van der Waals surface area contributed by atoms with Gasteiger partial charge in [-0.3, -0.25) is 9.69 Å². The lowest BCUT2D eigenvalue weighted by atomic mass is 9.88. The molecule has 1 aromatic heterocycles. The van der Waals surface area contributed by atoms with E-state index < -0.39 is 23.6 Å². The lowest BCUT2D eigenvalue weighted by Crippen LogP contribution is -2.33. The molecule has 1 fully saturated rings. The number of rotatable bonds is 9. The second-order valence-corrected chi connectivity index (χ2v) is 12.5. The Kier molecular flexibility index (Phi) is 11.4. The van der Waals surface area contributed by atoms with Crippen molar-refractivity contribution in [2.75, 3.05) is 31.6 Å². The SMILES string of the molecule is C=C(COc1ccc2c(c1)C(CN(CCO)C1CC1)=C1Cn3c(cc4c(c3=O)COC(=O)C4O)C1N2)C(=O)OC(C)(C)C.CC.CC. The quantitative estimate of drug-likeness (QED) is 0.259. The van der Waals surface area contributed by atoms with E-state index in [1.54, 1.807) is 37.5 Å². The number of anilines is 1. The Hall–Kier alpha value is -3.93. The van der Waals surface area contributed by atoms with Gasteiger partial charge in [0.1, 0.15) is 24.6 Å². The summed E-state index contributed by atoms with van der Waals surface area (Å²) in [6, 6.07) is 7.39. The van der Waals surface area contributed by atoms with E-state index in [2.05, 4.69) is 16.8 Å². The summed E-state index contributed by atoms with van der Waals surface area (Å²) in [6.45, 7) is 18.4. The highest BCUT2D eigenvalue weighted by molar-refractivity contribution is 5.88. The van der Waals surface area contributed by atoms with Crippen LogP contribution in [0.15, 0.2) is 46.8 Å². The maximum atomic E-state index is 13.6. The van der Waals surface area contributed by atoms with Gasteiger partial charge < -0.3 is 34.3 Å². The number of cyclic esters (lactones) is 1. The molecule has 0 spiro atoms. The lowest BCUT2D eigenvalue weighted by molar-refractivity contribution is -0.157. The van der Waals surface area contributed by atoms with Gasteiger partial charge in [-0.25, -0.2) is 9.59 Å². The fourth-order valence-electron chi connectivity index (χ4n) is 5.98. The zero-order valence-electron chi connectivity index (χ0n) is 28.6. The molecule has 11 heteroatoms. The Balaban J connectivity index is 0.00000120. The topological polar surface area (TPSA) is 140 Å². The summed E-state index contributed by atoms with van der Waals surface area (Å²) in [6.07, 6.45) is 0.618. The first kappa shape index (κ1) is 35.9. The van der Waals surface area contributed by atoms with Crippen LogP contribution in [0.5, 0.6) is 5.75 Å². The number of hydrogen-bond donors (Lipinski definition) is 3. The van der Waals surface area contributed by atoms with Crippen molar-refractivity contribution >= 4 is 23.2 Å². The van der Waals surface area contributed by atoms with Crippen molar-refractivity contribution in [3.8, 4) is 5.75 Å². The molecule has 4 heterocycles. The minimum Gasteiger partial charge on any atom is -0.489 e. The molecule has 4 aliphatic rings. The summed E-state index contributed by atoms with van der Waals surface area (Å²) in [5.41, 5.74) is 4.27. The monoisotopic (exact) mass is 651 g/mol. The minimum atomic E-state index is -1.50. The fraction of sp³-hybridized carbons (Fsp3) is 0.528. The molecule has 3 N–H and O–H groups in total. The van der Waals surface area contributed by atoms with Crippen LogP contribution in [0.4, 0.5) is 5.69 Å². The Morgan fingerprint density at radius 2 is 1.85 bits per heavy atom. The van der Waals surface area contributed by atoms with Crippen LogP contribution in [-0.4, -0.2) is 69.6 Å². The van der Waals surface area contributed by atoms with Crippen molar-refractivity contribution in [3.63, 3.8) is 0 Å². The highest BCUT2D eigenvalue weighted by Gasteiger charge is 2.40. The first-order chi connectivity index (χ1) is 22.4. The van der Waals surface area contributed by atoms with Gasteiger partial charge in [-0.2, -0.15) is 0 Å². The molecule has 11 nitrogen and oxygen atoms in total. The molecule has 1 aliphatic carbocycles. The maximum Gasteiger partial charge on any atom is 0.340 e. The summed E-state index contributed by atoms with van der Waals surface area (Å²) in [5, 5.41) is 23.9. The molecule has 1 saturated carbocycles. The Morgan fingerprint density at radius 3 is 2.49 bits per heavy atom. The van der Waals surface area contributed by atoms with Crippen molar-refractivity contribution in [1.29, 1.82) is 0 Å². The normalized spacial score (nSPS) is 19.0.